The fourth-order valence-corrected chi connectivity index (χ4v) is 2.83. The van der Waals surface area contributed by atoms with E-state index in [1.807, 2.05) is 18.7 Å². The van der Waals surface area contributed by atoms with E-state index in [4.69, 9.17) is 0 Å². The van der Waals surface area contributed by atoms with Crippen molar-refractivity contribution in [1.29, 1.82) is 0 Å². The van der Waals surface area contributed by atoms with Crippen molar-refractivity contribution in [2.45, 2.75) is 19.8 Å². The van der Waals surface area contributed by atoms with Crippen molar-refractivity contribution in [3.63, 3.8) is 0 Å². The second kappa shape index (κ2) is 6.50. The van der Waals surface area contributed by atoms with Gasteiger partial charge in [0.2, 0.25) is 0 Å². The van der Waals surface area contributed by atoms with Crippen LogP contribution in [0.15, 0.2) is 28.7 Å². The van der Waals surface area contributed by atoms with Crippen LogP contribution in [0.3, 0.4) is 0 Å². The first kappa shape index (κ1) is 15.2. The third-order valence-electron chi connectivity index (χ3n) is 3.44. The van der Waals surface area contributed by atoms with Crippen molar-refractivity contribution in [2.24, 2.45) is 13.0 Å². The van der Waals surface area contributed by atoms with Crippen LogP contribution in [0.25, 0.3) is 0 Å². The molecule has 1 unspecified atom stereocenters. The van der Waals surface area contributed by atoms with E-state index in [0.29, 0.717) is 6.42 Å². The van der Waals surface area contributed by atoms with E-state index in [1.54, 1.807) is 12.1 Å². The van der Waals surface area contributed by atoms with Gasteiger partial charge in [0, 0.05) is 13.7 Å². The summed E-state index contributed by atoms with van der Waals surface area (Å²) in [6, 6.07) is 6.44. The maximum atomic E-state index is 12.9. The fraction of sp³-hybridized carbons (Fsp3) is 0.400. The minimum absolute atomic E-state index is 0.0894. The van der Waals surface area contributed by atoms with Crippen LogP contribution in [0.1, 0.15) is 17.0 Å². The smallest absolute Gasteiger partial charge is 0.123 e. The lowest BCUT2D eigenvalue weighted by Gasteiger charge is -2.15. The lowest BCUT2D eigenvalue weighted by Crippen LogP contribution is -2.15. The van der Waals surface area contributed by atoms with Crippen LogP contribution in [-0.4, -0.2) is 21.5 Å². The van der Waals surface area contributed by atoms with E-state index in [0.717, 1.165) is 27.8 Å². The zero-order chi connectivity index (χ0) is 14.7. The topological polar surface area (TPSA) is 38.0 Å². The monoisotopic (exact) mass is 340 g/mol. The normalized spacial score (nSPS) is 12.7. The molecule has 1 atom stereocenters. The van der Waals surface area contributed by atoms with E-state index in [-0.39, 0.29) is 18.3 Å². The molecule has 0 aliphatic heterocycles. The molecule has 1 aromatic heterocycles. The molecule has 2 rings (SSSR count). The van der Waals surface area contributed by atoms with Crippen molar-refractivity contribution < 1.29 is 9.50 Å². The molecular formula is C15H18BrFN2O. The highest BCUT2D eigenvalue weighted by Gasteiger charge is 2.16. The van der Waals surface area contributed by atoms with Gasteiger partial charge in [-0.15, -0.1) is 0 Å². The van der Waals surface area contributed by atoms with Crippen molar-refractivity contribution >= 4 is 15.9 Å². The van der Waals surface area contributed by atoms with Crippen molar-refractivity contribution in [2.75, 3.05) is 6.61 Å². The molecule has 5 heteroatoms. The number of aliphatic hydroxyl groups is 1. The molecule has 20 heavy (non-hydrogen) atoms. The van der Waals surface area contributed by atoms with Gasteiger partial charge in [-0.2, -0.15) is 5.10 Å². The Morgan fingerprint density at radius 2 is 1.95 bits per heavy atom. The Balaban J connectivity index is 2.11. The number of aromatic nitrogens is 2. The van der Waals surface area contributed by atoms with Gasteiger partial charge in [-0.05, 0) is 59.3 Å². The first-order valence-corrected chi connectivity index (χ1v) is 7.33. The van der Waals surface area contributed by atoms with Crippen LogP contribution < -0.4 is 0 Å². The van der Waals surface area contributed by atoms with Crippen LogP contribution in [0.5, 0.6) is 0 Å². The number of nitrogens with zero attached hydrogens (tertiary/aromatic N) is 2. The van der Waals surface area contributed by atoms with Gasteiger partial charge in [-0.1, -0.05) is 12.1 Å². The molecule has 0 aliphatic rings. The highest BCUT2D eigenvalue weighted by Crippen LogP contribution is 2.24. The lowest BCUT2D eigenvalue weighted by molar-refractivity contribution is 0.223. The Kier molecular flexibility index (Phi) is 4.94. The van der Waals surface area contributed by atoms with Gasteiger partial charge in [0.25, 0.3) is 0 Å². The zero-order valence-electron chi connectivity index (χ0n) is 11.6. The lowest BCUT2D eigenvalue weighted by atomic mass is 9.95. The highest BCUT2D eigenvalue weighted by atomic mass is 79.9. The Bertz CT molecular complexity index is 580. The van der Waals surface area contributed by atoms with E-state index < -0.39 is 0 Å². The Morgan fingerprint density at radius 1 is 1.30 bits per heavy atom. The molecule has 0 radical (unpaired) electrons. The van der Waals surface area contributed by atoms with Crippen molar-refractivity contribution in [3.8, 4) is 0 Å². The van der Waals surface area contributed by atoms with E-state index in [1.165, 1.54) is 12.1 Å². The first-order valence-electron chi connectivity index (χ1n) is 6.54. The van der Waals surface area contributed by atoms with Crippen LogP contribution in [-0.2, 0) is 19.9 Å². The number of hydrogen-bond donors (Lipinski definition) is 1. The maximum Gasteiger partial charge on any atom is 0.123 e. The van der Waals surface area contributed by atoms with Gasteiger partial charge in [-0.3, -0.25) is 4.68 Å². The third-order valence-corrected chi connectivity index (χ3v) is 4.47. The molecule has 0 spiro atoms. The molecule has 108 valence electrons. The molecule has 3 nitrogen and oxygen atoms in total. The van der Waals surface area contributed by atoms with Gasteiger partial charge in [0.15, 0.2) is 0 Å². The zero-order valence-corrected chi connectivity index (χ0v) is 13.2. The standard InChI is InChI=1S/C15H18BrFN2O/c1-10-15(16)14(19(2)18-10)8-12(9-20)7-11-3-5-13(17)6-4-11/h3-6,12,20H,7-9H2,1-2H3. The third kappa shape index (κ3) is 3.46. The van der Waals surface area contributed by atoms with E-state index in [2.05, 4.69) is 21.0 Å². The minimum atomic E-state index is -0.237. The van der Waals surface area contributed by atoms with Gasteiger partial charge < -0.3 is 5.11 Å². The van der Waals surface area contributed by atoms with Gasteiger partial charge in [0.05, 0.1) is 15.9 Å². The molecule has 0 saturated carbocycles. The van der Waals surface area contributed by atoms with Crippen LogP contribution >= 0.6 is 15.9 Å². The second-order valence-electron chi connectivity index (χ2n) is 5.05. The predicted molar refractivity (Wildman–Crippen MR) is 80.0 cm³/mol. The highest BCUT2D eigenvalue weighted by molar-refractivity contribution is 9.10. The maximum absolute atomic E-state index is 12.9. The fourth-order valence-electron chi connectivity index (χ4n) is 2.33. The molecule has 0 fully saturated rings. The summed E-state index contributed by atoms with van der Waals surface area (Å²) in [6.45, 7) is 2.04. The Labute approximate surface area is 126 Å². The molecule has 1 aromatic carbocycles. The second-order valence-corrected chi connectivity index (χ2v) is 5.85. The van der Waals surface area contributed by atoms with E-state index >= 15 is 0 Å². The summed E-state index contributed by atoms with van der Waals surface area (Å²) in [5.74, 6) is -0.147. The summed E-state index contributed by atoms with van der Waals surface area (Å²) in [5, 5.41) is 13.9. The summed E-state index contributed by atoms with van der Waals surface area (Å²) in [6.07, 6.45) is 1.44. The molecule has 0 bridgehead atoms. The number of benzene rings is 1. The quantitative estimate of drug-likeness (QED) is 0.908. The molecular weight excluding hydrogens is 323 g/mol. The SMILES string of the molecule is Cc1nn(C)c(CC(CO)Cc2ccc(F)cc2)c1Br. The number of aryl methyl sites for hydroxylation is 2. The molecule has 0 saturated heterocycles. The summed E-state index contributed by atoms with van der Waals surface area (Å²) in [7, 11) is 1.90. The molecule has 1 heterocycles. The number of halogens is 2. The molecule has 0 aliphatic carbocycles. The summed E-state index contributed by atoms with van der Waals surface area (Å²) >= 11 is 3.54. The number of hydrogen-bond acceptors (Lipinski definition) is 2. The summed E-state index contributed by atoms with van der Waals surface area (Å²) < 4.78 is 15.7. The van der Waals surface area contributed by atoms with Crippen LogP contribution in [0.2, 0.25) is 0 Å². The molecule has 0 amide bonds. The minimum Gasteiger partial charge on any atom is -0.396 e. The molecule has 1 N–H and O–H groups in total. The van der Waals surface area contributed by atoms with Crippen LogP contribution in [0.4, 0.5) is 4.39 Å². The van der Waals surface area contributed by atoms with Gasteiger partial charge in [0.1, 0.15) is 5.82 Å². The average molecular weight is 341 g/mol. The van der Waals surface area contributed by atoms with Crippen molar-refractivity contribution in [3.05, 3.63) is 51.5 Å². The van der Waals surface area contributed by atoms with Crippen LogP contribution in [0, 0.1) is 18.7 Å². The largest absolute Gasteiger partial charge is 0.396 e. The predicted octanol–water partition coefficient (Wildman–Crippen LogP) is 3.02. The molecule has 2 aromatic rings. The van der Waals surface area contributed by atoms with Gasteiger partial charge in [-0.25, -0.2) is 4.39 Å². The van der Waals surface area contributed by atoms with E-state index in [9.17, 15) is 9.50 Å². The van der Waals surface area contributed by atoms with Crippen molar-refractivity contribution in [1.82, 2.24) is 9.78 Å². The first-order chi connectivity index (χ1) is 9.51. The average Bonchev–Trinajstić information content (AvgIpc) is 2.66. The van der Waals surface area contributed by atoms with Gasteiger partial charge >= 0.3 is 0 Å². The summed E-state index contributed by atoms with van der Waals surface area (Å²) in [4.78, 5) is 0. The Hall–Kier alpha value is -1.20. The Morgan fingerprint density at radius 3 is 2.45 bits per heavy atom. The summed E-state index contributed by atoms with van der Waals surface area (Å²) in [5.41, 5.74) is 3.05. The number of rotatable bonds is 5. The number of aliphatic hydroxyl groups excluding tert-OH is 1.